The molecule has 1 aliphatic carbocycles. The van der Waals surface area contributed by atoms with E-state index in [4.69, 9.17) is 5.11 Å². The Balaban J connectivity index is 2.14. The van der Waals surface area contributed by atoms with Crippen molar-refractivity contribution in [1.82, 2.24) is 14.7 Å². The molecule has 0 bridgehead atoms. The number of rotatable bonds is 5. The zero-order valence-electron chi connectivity index (χ0n) is 10.0. The molecule has 0 saturated heterocycles. The summed E-state index contributed by atoms with van der Waals surface area (Å²) in [7, 11) is 0. The number of hydrogen-bond donors (Lipinski definition) is 2. The molecule has 0 aliphatic heterocycles. The predicted molar refractivity (Wildman–Crippen MR) is 63.7 cm³/mol. The lowest BCUT2D eigenvalue weighted by Crippen LogP contribution is -2.42. The first-order valence-corrected chi connectivity index (χ1v) is 5.79. The van der Waals surface area contributed by atoms with Crippen LogP contribution in [-0.4, -0.2) is 44.3 Å². The third-order valence-corrected chi connectivity index (χ3v) is 2.80. The van der Waals surface area contributed by atoms with Crippen molar-refractivity contribution in [2.75, 3.05) is 6.54 Å². The molecule has 102 valence electrons. The molecule has 19 heavy (non-hydrogen) atoms. The van der Waals surface area contributed by atoms with Gasteiger partial charge in [0.2, 0.25) is 5.91 Å². The van der Waals surface area contributed by atoms with E-state index in [0.717, 1.165) is 29.7 Å². The van der Waals surface area contributed by atoms with Crippen molar-refractivity contribution in [2.45, 2.75) is 25.4 Å². The highest BCUT2D eigenvalue weighted by atomic mass is 16.4. The highest BCUT2D eigenvalue weighted by molar-refractivity contribution is 5.81. The number of carboxylic acids is 1. The number of H-pyrrole nitrogens is 1. The minimum absolute atomic E-state index is 0.0743. The summed E-state index contributed by atoms with van der Waals surface area (Å²) in [4.78, 5) is 46.4. The summed E-state index contributed by atoms with van der Waals surface area (Å²) in [6, 6.07) is 2.05. The fourth-order valence-corrected chi connectivity index (χ4v) is 1.76. The van der Waals surface area contributed by atoms with Crippen molar-refractivity contribution in [3.8, 4) is 0 Å². The number of carbonyl (C=O) groups excluding carboxylic acids is 1. The van der Waals surface area contributed by atoms with Crippen molar-refractivity contribution in [1.29, 1.82) is 0 Å². The summed E-state index contributed by atoms with van der Waals surface area (Å²) in [6.07, 6.45) is 1.53. The van der Waals surface area contributed by atoms with Crippen LogP contribution in [0.15, 0.2) is 21.7 Å². The molecule has 2 rings (SSSR count). The number of aliphatic carboxylic acids is 1. The summed E-state index contributed by atoms with van der Waals surface area (Å²) in [6.45, 7) is -0.756. The van der Waals surface area contributed by atoms with Gasteiger partial charge in [0.05, 0.1) is 0 Å². The molecular formula is C11H13N3O5. The second kappa shape index (κ2) is 5.09. The average molecular weight is 267 g/mol. The molecule has 1 amide bonds. The summed E-state index contributed by atoms with van der Waals surface area (Å²) in [5.41, 5.74) is -1.01. The Morgan fingerprint density at radius 1 is 1.37 bits per heavy atom. The average Bonchev–Trinajstić information content (AvgIpc) is 3.14. The van der Waals surface area contributed by atoms with E-state index >= 15 is 0 Å². The summed E-state index contributed by atoms with van der Waals surface area (Å²) < 4.78 is 0.877. The standard InChI is InChI=1S/C11H13N3O5/c15-8-3-4-9(16)14(12-8)5-10(17)13(6-11(18)19)7-1-2-7/h3-4,7H,1-2,5-6H2,(H,12,15)(H,18,19). The fraction of sp³-hybridized carbons (Fsp3) is 0.455. The van der Waals surface area contributed by atoms with Gasteiger partial charge in [0.1, 0.15) is 13.1 Å². The van der Waals surface area contributed by atoms with Crippen LogP contribution in [0.1, 0.15) is 12.8 Å². The smallest absolute Gasteiger partial charge is 0.323 e. The van der Waals surface area contributed by atoms with E-state index in [1.807, 2.05) is 0 Å². The van der Waals surface area contributed by atoms with Gasteiger partial charge < -0.3 is 10.0 Å². The van der Waals surface area contributed by atoms with Crippen molar-refractivity contribution < 1.29 is 14.7 Å². The molecule has 0 radical (unpaired) electrons. The number of carboxylic acid groups (broad SMARTS) is 1. The Morgan fingerprint density at radius 2 is 2.05 bits per heavy atom. The maximum absolute atomic E-state index is 12.0. The van der Waals surface area contributed by atoms with Crippen molar-refractivity contribution >= 4 is 11.9 Å². The number of amides is 1. The molecule has 2 N–H and O–H groups in total. The van der Waals surface area contributed by atoms with Gasteiger partial charge in [-0.2, -0.15) is 0 Å². The topological polar surface area (TPSA) is 112 Å². The van der Waals surface area contributed by atoms with Crippen LogP contribution in [0.4, 0.5) is 0 Å². The van der Waals surface area contributed by atoms with Crippen LogP contribution in [0, 0.1) is 0 Å². The monoisotopic (exact) mass is 267 g/mol. The number of nitrogens with zero attached hydrogens (tertiary/aromatic N) is 2. The zero-order valence-corrected chi connectivity index (χ0v) is 10.0. The normalized spacial score (nSPS) is 14.1. The third-order valence-electron chi connectivity index (χ3n) is 2.80. The lowest BCUT2D eigenvalue weighted by molar-refractivity contribution is -0.145. The second-order valence-corrected chi connectivity index (χ2v) is 4.38. The Morgan fingerprint density at radius 3 is 2.63 bits per heavy atom. The first-order valence-electron chi connectivity index (χ1n) is 5.79. The van der Waals surface area contributed by atoms with Gasteiger partial charge in [-0.25, -0.2) is 4.68 Å². The van der Waals surface area contributed by atoms with Gasteiger partial charge in [0.25, 0.3) is 11.1 Å². The summed E-state index contributed by atoms with van der Waals surface area (Å²) in [5, 5.41) is 11.0. The second-order valence-electron chi connectivity index (χ2n) is 4.38. The van der Waals surface area contributed by atoms with E-state index in [1.54, 1.807) is 0 Å². The Bertz CT molecular complexity index is 613. The summed E-state index contributed by atoms with van der Waals surface area (Å²) >= 11 is 0. The molecule has 0 aromatic carbocycles. The zero-order chi connectivity index (χ0) is 14.0. The van der Waals surface area contributed by atoms with Gasteiger partial charge in [-0.15, -0.1) is 0 Å². The molecular weight excluding hydrogens is 254 g/mol. The van der Waals surface area contributed by atoms with Crippen LogP contribution in [0.25, 0.3) is 0 Å². The van der Waals surface area contributed by atoms with Gasteiger partial charge in [-0.1, -0.05) is 0 Å². The maximum atomic E-state index is 12.0. The van der Waals surface area contributed by atoms with Crippen LogP contribution in [-0.2, 0) is 16.1 Å². The Kier molecular flexibility index (Phi) is 3.50. The maximum Gasteiger partial charge on any atom is 0.323 e. The van der Waals surface area contributed by atoms with Gasteiger partial charge in [0.15, 0.2) is 0 Å². The van der Waals surface area contributed by atoms with E-state index in [1.165, 1.54) is 4.90 Å². The predicted octanol–water partition coefficient (Wildman–Crippen LogP) is -1.39. The van der Waals surface area contributed by atoms with Crippen LogP contribution in [0.5, 0.6) is 0 Å². The molecule has 1 fully saturated rings. The van der Waals surface area contributed by atoms with Crippen LogP contribution in [0.3, 0.4) is 0 Å². The Hall–Kier alpha value is -2.38. The minimum atomic E-state index is -1.10. The molecule has 1 aromatic heterocycles. The number of carbonyl (C=O) groups is 2. The summed E-state index contributed by atoms with van der Waals surface area (Å²) in [5.74, 6) is -1.59. The SMILES string of the molecule is O=C(O)CN(C(=O)Cn1[nH]c(=O)ccc1=O)C1CC1. The molecule has 1 heterocycles. The van der Waals surface area contributed by atoms with E-state index in [-0.39, 0.29) is 12.6 Å². The highest BCUT2D eigenvalue weighted by Crippen LogP contribution is 2.26. The lowest BCUT2D eigenvalue weighted by atomic mass is 10.4. The van der Waals surface area contributed by atoms with E-state index in [9.17, 15) is 19.2 Å². The lowest BCUT2D eigenvalue weighted by Gasteiger charge is -2.20. The number of aromatic nitrogens is 2. The highest BCUT2D eigenvalue weighted by Gasteiger charge is 2.33. The minimum Gasteiger partial charge on any atom is -0.480 e. The first-order chi connectivity index (χ1) is 8.97. The quantitative estimate of drug-likeness (QED) is 0.682. The third kappa shape index (κ3) is 3.30. The van der Waals surface area contributed by atoms with Gasteiger partial charge >= 0.3 is 5.97 Å². The number of nitrogens with one attached hydrogen (secondary N) is 1. The number of hydrogen-bond acceptors (Lipinski definition) is 4. The number of aromatic amines is 1. The van der Waals surface area contributed by atoms with Crippen LogP contribution < -0.4 is 11.1 Å². The fourth-order valence-electron chi connectivity index (χ4n) is 1.76. The van der Waals surface area contributed by atoms with Crippen LogP contribution in [0.2, 0.25) is 0 Å². The largest absolute Gasteiger partial charge is 0.480 e. The molecule has 1 aliphatic rings. The van der Waals surface area contributed by atoms with Gasteiger partial charge in [0, 0.05) is 18.2 Å². The van der Waals surface area contributed by atoms with Crippen molar-refractivity contribution in [3.63, 3.8) is 0 Å². The molecule has 0 atom stereocenters. The van der Waals surface area contributed by atoms with Gasteiger partial charge in [-0.05, 0) is 12.8 Å². The van der Waals surface area contributed by atoms with Crippen molar-refractivity contribution in [3.05, 3.63) is 32.8 Å². The van der Waals surface area contributed by atoms with E-state index < -0.39 is 29.5 Å². The molecule has 8 heteroatoms. The Labute approximate surface area is 107 Å². The van der Waals surface area contributed by atoms with E-state index in [2.05, 4.69) is 5.10 Å². The van der Waals surface area contributed by atoms with E-state index in [0.29, 0.717) is 0 Å². The molecule has 8 nitrogen and oxygen atoms in total. The van der Waals surface area contributed by atoms with Gasteiger partial charge in [-0.3, -0.25) is 24.3 Å². The molecule has 0 spiro atoms. The first kappa shape index (κ1) is 13.1. The molecule has 1 aromatic rings. The van der Waals surface area contributed by atoms with Crippen LogP contribution >= 0.6 is 0 Å². The molecule has 0 unspecified atom stereocenters. The van der Waals surface area contributed by atoms with Crippen molar-refractivity contribution in [2.24, 2.45) is 0 Å². The molecule has 1 saturated carbocycles.